The van der Waals surface area contributed by atoms with Crippen LogP contribution in [-0.4, -0.2) is 24.2 Å². The second kappa shape index (κ2) is 7.33. The normalized spacial score (nSPS) is 10.1. The molecule has 0 aliphatic carbocycles. The number of esters is 1. The molecule has 0 amide bonds. The van der Waals surface area contributed by atoms with Crippen molar-refractivity contribution in [3.05, 3.63) is 60.2 Å². The molecule has 4 heteroatoms. The first kappa shape index (κ1) is 14.9. The summed E-state index contributed by atoms with van der Waals surface area (Å²) in [4.78, 5) is 13.7. The van der Waals surface area contributed by atoms with Crippen molar-refractivity contribution >= 4 is 11.7 Å². The minimum Gasteiger partial charge on any atom is -0.508 e. The summed E-state index contributed by atoms with van der Waals surface area (Å²) in [5.74, 6) is -0.0592. The Bertz CT molecular complexity index is 566. The minimum atomic E-state index is -0.262. The van der Waals surface area contributed by atoms with E-state index in [4.69, 9.17) is 4.74 Å². The van der Waals surface area contributed by atoms with Crippen molar-refractivity contribution in [2.45, 2.75) is 13.5 Å². The summed E-state index contributed by atoms with van der Waals surface area (Å²) in [5, 5.41) is 9.38. The molecule has 0 unspecified atom stereocenters. The van der Waals surface area contributed by atoms with Gasteiger partial charge in [-0.1, -0.05) is 30.3 Å². The number of aromatic hydroxyl groups is 1. The second-order valence-corrected chi connectivity index (χ2v) is 4.66. The molecule has 21 heavy (non-hydrogen) atoms. The quantitative estimate of drug-likeness (QED) is 0.829. The van der Waals surface area contributed by atoms with Crippen LogP contribution in [-0.2, 0) is 16.1 Å². The number of ether oxygens (including phenoxy) is 1. The van der Waals surface area contributed by atoms with Gasteiger partial charge in [0.2, 0.25) is 0 Å². The van der Waals surface area contributed by atoms with E-state index in [1.165, 1.54) is 0 Å². The van der Waals surface area contributed by atoms with Gasteiger partial charge in [0.05, 0.1) is 6.61 Å². The van der Waals surface area contributed by atoms with E-state index in [9.17, 15) is 9.90 Å². The van der Waals surface area contributed by atoms with Crippen molar-refractivity contribution in [1.82, 2.24) is 0 Å². The van der Waals surface area contributed by atoms with E-state index in [2.05, 4.69) is 0 Å². The summed E-state index contributed by atoms with van der Waals surface area (Å²) in [6.45, 7) is 2.94. The Hall–Kier alpha value is -2.49. The first-order chi connectivity index (χ1) is 10.2. The largest absolute Gasteiger partial charge is 0.508 e. The number of nitrogens with zero attached hydrogens (tertiary/aromatic N) is 1. The van der Waals surface area contributed by atoms with Crippen molar-refractivity contribution < 1.29 is 14.6 Å². The molecule has 2 aromatic carbocycles. The third-order valence-corrected chi connectivity index (χ3v) is 3.06. The van der Waals surface area contributed by atoms with Gasteiger partial charge in [-0.3, -0.25) is 4.79 Å². The van der Waals surface area contributed by atoms with Gasteiger partial charge in [0, 0.05) is 12.2 Å². The molecule has 0 heterocycles. The first-order valence-corrected chi connectivity index (χ1v) is 6.92. The van der Waals surface area contributed by atoms with Crippen molar-refractivity contribution in [2.75, 3.05) is 18.1 Å². The molecule has 0 saturated carbocycles. The van der Waals surface area contributed by atoms with Gasteiger partial charge in [-0.25, -0.2) is 0 Å². The maximum atomic E-state index is 11.8. The Balaban J connectivity index is 2.17. The molecular weight excluding hydrogens is 266 g/mol. The number of rotatable bonds is 6. The average molecular weight is 285 g/mol. The number of phenols is 1. The smallest absolute Gasteiger partial charge is 0.325 e. The Kier molecular flexibility index (Phi) is 5.21. The molecule has 0 aliphatic heterocycles. The molecule has 4 nitrogen and oxygen atoms in total. The lowest BCUT2D eigenvalue weighted by Crippen LogP contribution is -2.30. The van der Waals surface area contributed by atoms with Crippen LogP contribution >= 0.6 is 0 Å². The Morgan fingerprint density at radius 1 is 1.10 bits per heavy atom. The van der Waals surface area contributed by atoms with Gasteiger partial charge in [0.1, 0.15) is 12.3 Å². The van der Waals surface area contributed by atoms with Gasteiger partial charge in [-0.05, 0) is 36.8 Å². The number of benzene rings is 2. The number of carbonyl (C=O) groups is 1. The zero-order valence-corrected chi connectivity index (χ0v) is 12.0. The van der Waals surface area contributed by atoms with Crippen molar-refractivity contribution in [1.29, 1.82) is 0 Å². The molecule has 0 fully saturated rings. The highest BCUT2D eigenvalue weighted by Gasteiger charge is 2.13. The predicted octanol–water partition coefficient (Wildman–Crippen LogP) is 2.96. The summed E-state index contributed by atoms with van der Waals surface area (Å²) in [6.07, 6.45) is 0. The van der Waals surface area contributed by atoms with E-state index in [1.807, 2.05) is 35.2 Å². The number of carbonyl (C=O) groups excluding carboxylic acids is 1. The molecule has 0 radical (unpaired) electrons. The monoisotopic (exact) mass is 285 g/mol. The van der Waals surface area contributed by atoms with Crippen LogP contribution in [0.3, 0.4) is 0 Å². The highest BCUT2D eigenvalue weighted by molar-refractivity contribution is 5.75. The van der Waals surface area contributed by atoms with Crippen LogP contribution in [0.15, 0.2) is 54.6 Å². The summed E-state index contributed by atoms with van der Waals surface area (Å²) >= 11 is 0. The van der Waals surface area contributed by atoms with E-state index in [1.54, 1.807) is 31.2 Å². The van der Waals surface area contributed by atoms with Gasteiger partial charge in [-0.2, -0.15) is 0 Å². The van der Waals surface area contributed by atoms with Crippen molar-refractivity contribution in [3.8, 4) is 5.75 Å². The van der Waals surface area contributed by atoms with Crippen LogP contribution in [0.5, 0.6) is 5.75 Å². The fourth-order valence-corrected chi connectivity index (χ4v) is 2.07. The zero-order chi connectivity index (χ0) is 15.1. The van der Waals surface area contributed by atoms with Gasteiger partial charge in [0.25, 0.3) is 0 Å². The number of anilines is 1. The van der Waals surface area contributed by atoms with Gasteiger partial charge in [0.15, 0.2) is 0 Å². The lowest BCUT2D eigenvalue weighted by molar-refractivity contribution is -0.141. The number of hydrogen-bond donors (Lipinski definition) is 1. The van der Waals surface area contributed by atoms with Crippen LogP contribution in [0.4, 0.5) is 5.69 Å². The number of phenolic OH excluding ortho intramolecular Hbond substituents is 1. The Morgan fingerprint density at radius 2 is 1.76 bits per heavy atom. The SMILES string of the molecule is CCOC(=O)CN(Cc1ccccc1)c1ccc(O)cc1. The molecule has 0 spiro atoms. The van der Waals surface area contributed by atoms with E-state index in [0.717, 1.165) is 11.3 Å². The van der Waals surface area contributed by atoms with Crippen LogP contribution in [0, 0.1) is 0 Å². The first-order valence-electron chi connectivity index (χ1n) is 6.92. The average Bonchev–Trinajstić information content (AvgIpc) is 2.49. The topological polar surface area (TPSA) is 49.8 Å². The molecule has 1 N–H and O–H groups in total. The zero-order valence-electron chi connectivity index (χ0n) is 12.0. The van der Waals surface area contributed by atoms with Crippen molar-refractivity contribution in [2.24, 2.45) is 0 Å². The molecule has 0 aliphatic rings. The summed E-state index contributed by atoms with van der Waals surface area (Å²) in [6, 6.07) is 16.7. The van der Waals surface area contributed by atoms with E-state index >= 15 is 0 Å². The molecule has 2 aromatic rings. The third kappa shape index (κ3) is 4.53. The lowest BCUT2D eigenvalue weighted by atomic mass is 10.2. The van der Waals surface area contributed by atoms with Gasteiger partial charge in [-0.15, -0.1) is 0 Å². The third-order valence-electron chi connectivity index (χ3n) is 3.06. The van der Waals surface area contributed by atoms with Crippen LogP contribution in [0.1, 0.15) is 12.5 Å². The predicted molar refractivity (Wildman–Crippen MR) is 82.2 cm³/mol. The molecule has 2 rings (SSSR count). The number of hydrogen-bond acceptors (Lipinski definition) is 4. The highest BCUT2D eigenvalue weighted by atomic mass is 16.5. The standard InChI is InChI=1S/C17H19NO3/c1-2-21-17(20)13-18(12-14-6-4-3-5-7-14)15-8-10-16(19)11-9-15/h3-11,19H,2,12-13H2,1H3. The Labute approximate surface area is 124 Å². The van der Waals surface area contributed by atoms with Crippen LogP contribution in [0.2, 0.25) is 0 Å². The van der Waals surface area contributed by atoms with E-state index in [0.29, 0.717) is 13.2 Å². The van der Waals surface area contributed by atoms with Gasteiger partial charge >= 0.3 is 5.97 Å². The van der Waals surface area contributed by atoms with Gasteiger partial charge < -0.3 is 14.7 Å². The fraction of sp³-hybridized carbons (Fsp3) is 0.235. The summed E-state index contributed by atoms with van der Waals surface area (Å²) < 4.78 is 5.03. The maximum Gasteiger partial charge on any atom is 0.325 e. The molecule has 0 aromatic heterocycles. The van der Waals surface area contributed by atoms with Crippen molar-refractivity contribution in [3.63, 3.8) is 0 Å². The molecule has 0 bridgehead atoms. The fourth-order valence-electron chi connectivity index (χ4n) is 2.07. The minimum absolute atomic E-state index is 0.174. The summed E-state index contributed by atoms with van der Waals surface area (Å²) in [5.41, 5.74) is 1.97. The molecular formula is C17H19NO3. The van der Waals surface area contributed by atoms with E-state index < -0.39 is 0 Å². The lowest BCUT2D eigenvalue weighted by Gasteiger charge is -2.24. The molecule has 0 atom stereocenters. The molecule has 0 saturated heterocycles. The highest BCUT2D eigenvalue weighted by Crippen LogP contribution is 2.20. The van der Waals surface area contributed by atoms with Crippen LogP contribution in [0.25, 0.3) is 0 Å². The van der Waals surface area contributed by atoms with Crippen LogP contribution < -0.4 is 4.90 Å². The Morgan fingerprint density at radius 3 is 2.38 bits per heavy atom. The second-order valence-electron chi connectivity index (χ2n) is 4.66. The molecule has 110 valence electrons. The van der Waals surface area contributed by atoms with E-state index in [-0.39, 0.29) is 18.3 Å². The summed E-state index contributed by atoms with van der Waals surface area (Å²) in [7, 11) is 0. The maximum absolute atomic E-state index is 11.8.